The third-order valence-corrected chi connectivity index (χ3v) is 4.32. The summed E-state index contributed by atoms with van der Waals surface area (Å²) < 4.78 is 10.6. The van der Waals surface area contributed by atoms with Crippen molar-refractivity contribution in [2.75, 3.05) is 51.5 Å². The molecule has 2 saturated heterocycles. The van der Waals surface area contributed by atoms with E-state index in [1.807, 2.05) is 0 Å². The van der Waals surface area contributed by atoms with E-state index in [0.29, 0.717) is 49.7 Å². The lowest BCUT2D eigenvalue weighted by molar-refractivity contribution is 0.0551. The zero-order chi connectivity index (χ0) is 16.4. The molecule has 0 unspecified atom stereocenters. The Morgan fingerprint density at radius 2 is 2.17 bits per heavy atom. The minimum atomic E-state index is -0.802. The third kappa shape index (κ3) is 2.88. The number of hydrogen-bond donors (Lipinski definition) is 1. The number of ether oxygens (including phenoxy) is 2. The van der Waals surface area contributed by atoms with E-state index in [2.05, 4.69) is 6.07 Å². The molecule has 0 aromatic heterocycles. The van der Waals surface area contributed by atoms with Crippen molar-refractivity contribution in [3.05, 3.63) is 29.3 Å². The molecule has 7 heteroatoms. The predicted molar refractivity (Wildman–Crippen MR) is 82.1 cm³/mol. The number of aliphatic hydroxyl groups excluding tert-OH is 1. The quantitative estimate of drug-likeness (QED) is 0.828. The van der Waals surface area contributed by atoms with E-state index in [9.17, 15) is 15.2 Å². The largest absolute Gasteiger partial charge is 0.393 e. The van der Waals surface area contributed by atoms with E-state index in [1.54, 1.807) is 35.0 Å². The fourth-order valence-electron chi connectivity index (χ4n) is 2.71. The second-order valence-electron chi connectivity index (χ2n) is 5.72. The molecular formula is C16H19N3O4. The van der Waals surface area contributed by atoms with Gasteiger partial charge in [-0.1, -0.05) is 0 Å². The third-order valence-electron chi connectivity index (χ3n) is 4.32. The summed E-state index contributed by atoms with van der Waals surface area (Å²) in [4.78, 5) is 15.8. The molecule has 2 heterocycles. The highest BCUT2D eigenvalue weighted by Gasteiger charge is 2.47. The summed E-state index contributed by atoms with van der Waals surface area (Å²) in [7, 11) is 1.70. The Kier molecular flexibility index (Phi) is 4.22. The first-order valence-electron chi connectivity index (χ1n) is 7.51. The van der Waals surface area contributed by atoms with Gasteiger partial charge in [-0.05, 0) is 18.2 Å². The van der Waals surface area contributed by atoms with Gasteiger partial charge in [-0.2, -0.15) is 5.26 Å². The van der Waals surface area contributed by atoms with Gasteiger partial charge >= 0.3 is 6.03 Å². The van der Waals surface area contributed by atoms with Crippen LogP contribution in [0.3, 0.4) is 0 Å². The predicted octanol–water partition coefficient (Wildman–Crippen LogP) is 0.664. The van der Waals surface area contributed by atoms with E-state index in [-0.39, 0.29) is 12.6 Å². The highest BCUT2D eigenvalue weighted by molar-refractivity contribution is 5.91. The Hall–Kier alpha value is -2.14. The molecule has 0 spiro atoms. The van der Waals surface area contributed by atoms with Crippen LogP contribution in [0.2, 0.25) is 0 Å². The first-order valence-corrected chi connectivity index (χ1v) is 7.51. The van der Waals surface area contributed by atoms with Crippen LogP contribution in [-0.4, -0.2) is 62.6 Å². The van der Waals surface area contributed by atoms with Crippen molar-refractivity contribution in [3.63, 3.8) is 0 Å². The Morgan fingerprint density at radius 1 is 1.48 bits per heavy atom. The first-order chi connectivity index (χ1) is 11.1. The molecule has 7 nitrogen and oxygen atoms in total. The van der Waals surface area contributed by atoms with E-state index in [1.165, 1.54) is 0 Å². The number of nitrogens with zero attached hydrogens (tertiary/aromatic N) is 3. The van der Waals surface area contributed by atoms with Crippen LogP contribution in [0.15, 0.2) is 18.2 Å². The smallest absolute Gasteiger partial charge is 0.324 e. The zero-order valence-electron chi connectivity index (χ0n) is 13.0. The number of carbonyl (C=O) groups is 1. The normalized spacial score (nSPS) is 23.3. The van der Waals surface area contributed by atoms with Crippen molar-refractivity contribution in [1.82, 2.24) is 4.90 Å². The highest BCUT2D eigenvalue weighted by Crippen LogP contribution is 2.41. The zero-order valence-corrected chi connectivity index (χ0v) is 13.0. The number of urea groups is 1. The fourth-order valence-corrected chi connectivity index (χ4v) is 2.71. The molecule has 0 bridgehead atoms. The van der Waals surface area contributed by atoms with Gasteiger partial charge in [0, 0.05) is 31.4 Å². The number of hydrogen-bond acceptors (Lipinski definition) is 5. The molecule has 2 aliphatic heterocycles. The molecule has 0 radical (unpaired) electrons. The average molecular weight is 317 g/mol. The van der Waals surface area contributed by atoms with Crippen LogP contribution in [-0.2, 0) is 15.1 Å². The number of nitriles is 1. The number of morpholine rings is 1. The SMILES string of the molecule is CN(C(=O)N1CCOCC1)c1ccc(C#N)c([C@@]2(CO)CO2)c1. The maximum atomic E-state index is 12.5. The molecule has 0 aliphatic carbocycles. The van der Waals surface area contributed by atoms with Gasteiger partial charge in [-0.3, -0.25) is 4.90 Å². The monoisotopic (exact) mass is 317 g/mol. The molecule has 1 aromatic carbocycles. The van der Waals surface area contributed by atoms with Gasteiger partial charge in [0.25, 0.3) is 0 Å². The fraction of sp³-hybridized carbons (Fsp3) is 0.500. The van der Waals surface area contributed by atoms with E-state index in [4.69, 9.17) is 9.47 Å². The van der Waals surface area contributed by atoms with Crippen LogP contribution < -0.4 is 4.90 Å². The number of epoxide rings is 1. The summed E-state index contributed by atoms with van der Waals surface area (Å²) in [6, 6.07) is 7.14. The van der Waals surface area contributed by atoms with Crippen LogP contribution in [0.4, 0.5) is 10.5 Å². The van der Waals surface area contributed by atoms with Gasteiger partial charge in [-0.25, -0.2) is 4.79 Å². The van der Waals surface area contributed by atoms with Gasteiger partial charge in [0.15, 0.2) is 0 Å². The number of anilines is 1. The Balaban J connectivity index is 1.86. The second-order valence-corrected chi connectivity index (χ2v) is 5.72. The van der Waals surface area contributed by atoms with Crippen LogP contribution in [0.25, 0.3) is 0 Å². The second kappa shape index (κ2) is 6.16. The standard InChI is InChI=1S/C16H19N3O4/c1-18(15(21)19-4-6-22-7-5-19)13-3-2-12(9-17)14(8-13)16(10-20)11-23-16/h2-3,8,20H,4-7,10-11H2,1H3/t16-/m1/s1. The molecule has 3 rings (SSSR count). The topological polar surface area (TPSA) is 89.3 Å². The summed E-state index contributed by atoms with van der Waals surface area (Å²) >= 11 is 0. The lowest BCUT2D eigenvalue weighted by atomic mass is 9.95. The Labute approximate surface area is 134 Å². The molecule has 1 aromatic rings. The minimum Gasteiger partial charge on any atom is -0.393 e. The van der Waals surface area contributed by atoms with Gasteiger partial charge < -0.3 is 19.5 Å². The number of aliphatic hydroxyl groups is 1. The summed E-state index contributed by atoms with van der Waals surface area (Å²) in [5, 5.41) is 18.8. The van der Waals surface area contributed by atoms with Crippen molar-refractivity contribution in [3.8, 4) is 6.07 Å². The van der Waals surface area contributed by atoms with E-state index in [0.717, 1.165) is 0 Å². The van der Waals surface area contributed by atoms with Crippen molar-refractivity contribution in [1.29, 1.82) is 5.26 Å². The van der Waals surface area contributed by atoms with Crippen LogP contribution in [0.1, 0.15) is 11.1 Å². The molecule has 1 atom stereocenters. The minimum absolute atomic E-state index is 0.112. The van der Waals surface area contributed by atoms with Gasteiger partial charge in [0.1, 0.15) is 5.60 Å². The summed E-state index contributed by atoms with van der Waals surface area (Å²) in [5.41, 5.74) is 0.942. The maximum absolute atomic E-state index is 12.5. The lowest BCUT2D eigenvalue weighted by Gasteiger charge is -2.31. The molecule has 122 valence electrons. The van der Waals surface area contributed by atoms with Crippen molar-refractivity contribution in [2.45, 2.75) is 5.60 Å². The van der Waals surface area contributed by atoms with Crippen molar-refractivity contribution in [2.24, 2.45) is 0 Å². The van der Waals surface area contributed by atoms with Crippen molar-refractivity contribution < 1.29 is 19.4 Å². The molecule has 2 fully saturated rings. The first kappa shape index (κ1) is 15.7. The summed E-state index contributed by atoms with van der Waals surface area (Å²) in [5.74, 6) is 0. The van der Waals surface area contributed by atoms with Gasteiger partial charge in [-0.15, -0.1) is 0 Å². The Morgan fingerprint density at radius 3 is 2.74 bits per heavy atom. The molecule has 23 heavy (non-hydrogen) atoms. The number of amides is 2. The number of rotatable bonds is 3. The Bertz CT molecular complexity index is 645. The summed E-state index contributed by atoms with van der Waals surface area (Å²) in [6.07, 6.45) is 0. The van der Waals surface area contributed by atoms with Crippen molar-refractivity contribution >= 4 is 11.7 Å². The number of benzene rings is 1. The maximum Gasteiger partial charge on any atom is 0.324 e. The number of carbonyl (C=O) groups excluding carboxylic acids is 1. The van der Waals surface area contributed by atoms with Crippen LogP contribution in [0, 0.1) is 11.3 Å². The van der Waals surface area contributed by atoms with Crippen LogP contribution in [0.5, 0.6) is 0 Å². The molecular weight excluding hydrogens is 298 g/mol. The van der Waals surface area contributed by atoms with E-state index < -0.39 is 5.60 Å². The van der Waals surface area contributed by atoms with Crippen LogP contribution >= 0.6 is 0 Å². The molecule has 1 N–H and O–H groups in total. The average Bonchev–Trinajstić information content (AvgIpc) is 3.42. The lowest BCUT2D eigenvalue weighted by Crippen LogP contribution is -2.47. The molecule has 0 saturated carbocycles. The summed E-state index contributed by atoms with van der Waals surface area (Å²) in [6.45, 7) is 2.40. The van der Waals surface area contributed by atoms with Gasteiger partial charge in [0.05, 0.1) is 38.1 Å². The molecule has 2 aliphatic rings. The highest BCUT2D eigenvalue weighted by atomic mass is 16.6. The van der Waals surface area contributed by atoms with Gasteiger partial charge in [0.2, 0.25) is 0 Å². The van der Waals surface area contributed by atoms with E-state index >= 15 is 0 Å². The molecule has 2 amide bonds.